The topological polar surface area (TPSA) is 120 Å². The number of nitrogens with two attached hydrogens (primary N) is 1. The van der Waals surface area contributed by atoms with Crippen LogP contribution >= 0.6 is 11.3 Å². The van der Waals surface area contributed by atoms with Gasteiger partial charge in [-0.3, -0.25) is 20.2 Å². The van der Waals surface area contributed by atoms with Crippen LogP contribution in [0.2, 0.25) is 0 Å². The number of nitrogens with one attached hydrogen (secondary N) is 1. The number of nitrogen functional groups attached to an aromatic ring is 1. The summed E-state index contributed by atoms with van der Waals surface area (Å²) >= 11 is 1.32. The molecule has 2 aromatic carbocycles. The van der Waals surface area contributed by atoms with E-state index in [9.17, 15) is 14.9 Å². The number of rotatable bonds is 5. The molecule has 27 heavy (non-hydrogen) atoms. The summed E-state index contributed by atoms with van der Waals surface area (Å²) in [6.07, 6.45) is 0. The third-order valence-electron chi connectivity index (χ3n) is 3.87. The van der Waals surface area contributed by atoms with Crippen LogP contribution in [0.4, 0.5) is 16.5 Å². The number of thiazole rings is 1. The largest absolute Gasteiger partial charge is 0.497 e. The van der Waals surface area contributed by atoms with Crippen molar-refractivity contribution in [2.75, 3.05) is 18.2 Å². The SMILES string of the molecule is COc1ccc(-c2nc(NC(=O)c3ccc(N)c([N+](=O)[O-])c3)sc2C)cc1. The van der Waals surface area contributed by atoms with E-state index in [4.69, 9.17) is 10.5 Å². The van der Waals surface area contributed by atoms with Gasteiger partial charge in [0.05, 0.1) is 17.7 Å². The number of aryl methyl sites for hydroxylation is 1. The molecule has 3 aromatic rings. The Hall–Kier alpha value is -3.46. The summed E-state index contributed by atoms with van der Waals surface area (Å²) < 4.78 is 5.15. The number of amides is 1. The zero-order chi connectivity index (χ0) is 19.6. The van der Waals surface area contributed by atoms with E-state index in [-0.39, 0.29) is 16.9 Å². The molecule has 0 saturated carbocycles. The fourth-order valence-electron chi connectivity index (χ4n) is 2.48. The molecule has 1 aromatic heterocycles. The second-order valence-electron chi connectivity index (χ2n) is 5.64. The van der Waals surface area contributed by atoms with Crippen molar-refractivity contribution in [3.05, 3.63) is 63.0 Å². The van der Waals surface area contributed by atoms with Crippen molar-refractivity contribution in [3.63, 3.8) is 0 Å². The summed E-state index contributed by atoms with van der Waals surface area (Å²) in [5.41, 5.74) is 7.04. The number of methoxy groups -OCH3 is 1. The molecule has 3 rings (SSSR count). The average molecular weight is 384 g/mol. The lowest BCUT2D eigenvalue weighted by molar-refractivity contribution is -0.383. The second kappa shape index (κ2) is 7.42. The lowest BCUT2D eigenvalue weighted by atomic mass is 10.1. The molecule has 138 valence electrons. The van der Waals surface area contributed by atoms with E-state index in [0.717, 1.165) is 28.0 Å². The lowest BCUT2D eigenvalue weighted by Gasteiger charge is -2.03. The molecule has 8 nitrogen and oxygen atoms in total. The van der Waals surface area contributed by atoms with Crippen molar-refractivity contribution in [2.24, 2.45) is 0 Å². The standard InChI is InChI=1S/C18H16N4O4S/c1-10-16(11-3-6-13(26-2)7-4-11)20-18(27-10)21-17(23)12-5-8-14(19)15(9-12)22(24)25/h3-9H,19H2,1-2H3,(H,20,21,23). The van der Waals surface area contributed by atoms with Crippen molar-refractivity contribution < 1.29 is 14.5 Å². The maximum Gasteiger partial charge on any atom is 0.292 e. The quantitative estimate of drug-likeness (QED) is 0.391. The maximum absolute atomic E-state index is 12.4. The average Bonchev–Trinajstić information content (AvgIpc) is 3.02. The van der Waals surface area contributed by atoms with Crippen molar-refractivity contribution in [1.29, 1.82) is 0 Å². The summed E-state index contributed by atoms with van der Waals surface area (Å²) in [5, 5.41) is 14.1. The lowest BCUT2D eigenvalue weighted by Crippen LogP contribution is -2.12. The summed E-state index contributed by atoms with van der Waals surface area (Å²) in [7, 11) is 1.60. The van der Waals surface area contributed by atoms with Gasteiger partial charge >= 0.3 is 0 Å². The number of aromatic nitrogens is 1. The smallest absolute Gasteiger partial charge is 0.292 e. The van der Waals surface area contributed by atoms with Crippen LogP contribution in [0.5, 0.6) is 5.75 Å². The van der Waals surface area contributed by atoms with E-state index in [1.54, 1.807) is 7.11 Å². The van der Waals surface area contributed by atoms with Crippen LogP contribution in [0.3, 0.4) is 0 Å². The van der Waals surface area contributed by atoms with E-state index in [1.165, 1.54) is 23.5 Å². The molecule has 0 bridgehead atoms. The molecule has 0 spiro atoms. The van der Waals surface area contributed by atoms with Crippen molar-refractivity contribution >= 4 is 33.8 Å². The molecule has 0 radical (unpaired) electrons. The number of nitrogens with zero attached hydrogens (tertiary/aromatic N) is 2. The number of anilines is 2. The molecule has 0 aliphatic carbocycles. The number of nitro groups is 1. The van der Waals surface area contributed by atoms with Crippen LogP contribution in [-0.2, 0) is 0 Å². The number of carbonyl (C=O) groups excluding carboxylic acids is 1. The Balaban J connectivity index is 1.83. The molecule has 1 amide bonds. The molecule has 9 heteroatoms. The Morgan fingerprint density at radius 1 is 1.26 bits per heavy atom. The van der Waals surface area contributed by atoms with Gasteiger partial charge in [-0.05, 0) is 43.3 Å². The highest BCUT2D eigenvalue weighted by Crippen LogP contribution is 2.32. The number of carbonyl (C=O) groups is 1. The Bertz CT molecular complexity index is 1010. The first kappa shape index (κ1) is 18.3. The molecule has 3 N–H and O–H groups in total. The fraction of sp³-hybridized carbons (Fsp3) is 0.111. The van der Waals surface area contributed by atoms with Gasteiger partial charge in [-0.25, -0.2) is 4.98 Å². The van der Waals surface area contributed by atoms with Crippen LogP contribution in [-0.4, -0.2) is 22.9 Å². The van der Waals surface area contributed by atoms with Crippen molar-refractivity contribution in [1.82, 2.24) is 4.98 Å². The van der Waals surface area contributed by atoms with E-state index < -0.39 is 10.8 Å². The molecular formula is C18H16N4O4S. The molecule has 0 saturated heterocycles. The maximum atomic E-state index is 12.4. The Morgan fingerprint density at radius 2 is 1.96 bits per heavy atom. The molecule has 0 fully saturated rings. The van der Waals surface area contributed by atoms with E-state index in [0.29, 0.717) is 5.13 Å². The molecular weight excluding hydrogens is 368 g/mol. The van der Waals surface area contributed by atoms with Crippen LogP contribution < -0.4 is 15.8 Å². The summed E-state index contributed by atoms with van der Waals surface area (Å²) in [6.45, 7) is 1.90. The van der Waals surface area contributed by atoms with E-state index in [1.807, 2.05) is 31.2 Å². The van der Waals surface area contributed by atoms with Gasteiger partial charge in [0.2, 0.25) is 0 Å². The fourth-order valence-corrected chi connectivity index (χ4v) is 3.31. The van der Waals surface area contributed by atoms with Gasteiger partial charge in [-0.15, -0.1) is 11.3 Å². The minimum atomic E-state index is -0.624. The Kier molecular flexibility index (Phi) is 5.04. The molecule has 0 unspecified atom stereocenters. The highest BCUT2D eigenvalue weighted by molar-refractivity contribution is 7.16. The second-order valence-corrected chi connectivity index (χ2v) is 6.84. The third-order valence-corrected chi connectivity index (χ3v) is 4.76. The highest BCUT2D eigenvalue weighted by atomic mass is 32.1. The normalized spacial score (nSPS) is 10.4. The summed E-state index contributed by atoms with van der Waals surface area (Å²) in [5.74, 6) is 0.248. The van der Waals surface area contributed by atoms with Gasteiger partial charge < -0.3 is 10.5 Å². The minimum Gasteiger partial charge on any atom is -0.497 e. The first-order valence-corrected chi connectivity index (χ1v) is 8.68. The zero-order valence-electron chi connectivity index (χ0n) is 14.6. The van der Waals surface area contributed by atoms with Gasteiger partial charge in [-0.1, -0.05) is 0 Å². The van der Waals surface area contributed by atoms with Crippen LogP contribution in [0, 0.1) is 17.0 Å². The zero-order valence-corrected chi connectivity index (χ0v) is 15.4. The summed E-state index contributed by atoms with van der Waals surface area (Å²) in [4.78, 5) is 28.2. The van der Waals surface area contributed by atoms with Crippen LogP contribution in [0.25, 0.3) is 11.3 Å². The predicted octanol–water partition coefficient (Wildman–Crippen LogP) is 3.87. The molecule has 1 heterocycles. The van der Waals surface area contributed by atoms with Gasteiger partial charge in [0.25, 0.3) is 11.6 Å². The minimum absolute atomic E-state index is 0.00318. The van der Waals surface area contributed by atoms with Crippen molar-refractivity contribution in [2.45, 2.75) is 6.92 Å². The van der Waals surface area contributed by atoms with Gasteiger partial charge in [0.15, 0.2) is 5.13 Å². The van der Waals surface area contributed by atoms with E-state index in [2.05, 4.69) is 10.3 Å². The van der Waals surface area contributed by atoms with E-state index >= 15 is 0 Å². The molecule has 0 atom stereocenters. The summed E-state index contributed by atoms with van der Waals surface area (Å²) in [6, 6.07) is 11.4. The number of benzene rings is 2. The monoisotopic (exact) mass is 384 g/mol. The molecule has 0 aliphatic heterocycles. The number of hydrogen-bond acceptors (Lipinski definition) is 7. The highest BCUT2D eigenvalue weighted by Gasteiger charge is 2.17. The Morgan fingerprint density at radius 3 is 2.59 bits per heavy atom. The van der Waals surface area contributed by atoms with Gasteiger partial charge in [0, 0.05) is 22.1 Å². The first-order chi connectivity index (χ1) is 12.9. The number of nitro benzene ring substituents is 1. The Labute approximate surface area is 158 Å². The van der Waals surface area contributed by atoms with Crippen LogP contribution in [0.1, 0.15) is 15.2 Å². The third kappa shape index (κ3) is 3.87. The van der Waals surface area contributed by atoms with Gasteiger partial charge in [-0.2, -0.15) is 0 Å². The predicted molar refractivity (Wildman–Crippen MR) is 104 cm³/mol. The number of ether oxygens (including phenoxy) is 1. The first-order valence-electron chi connectivity index (χ1n) is 7.86. The molecule has 0 aliphatic rings. The van der Waals surface area contributed by atoms with Gasteiger partial charge in [0.1, 0.15) is 11.4 Å². The number of hydrogen-bond donors (Lipinski definition) is 2. The van der Waals surface area contributed by atoms with Crippen LogP contribution in [0.15, 0.2) is 42.5 Å². The van der Waals surface area contributed by atoms with Crippen molar-refractivity contribution in [3.8, 4) is 17.0 Å².